The Kier molecular flexibility index (Phi) is 6.47. The molecule has 0 spiro atoms. The maximum absolute atomic E-state index is 13.6. The summed E-state index contributed by atoms with van der Waals surface area (Å²) in [6, 6.07) is 11.6. The molecule has 38 heavy (non-hydrogen) atoms. The summed E-state index contributed by atoms with van der Waals surface area (Å²) in [4.78, 5) is 27.5. The highest BCUT2D eigenvalue weighted by molar-refractivity contribution is 7.19. The van der Waals surface area contributed by atoms with Crippen LogP contribution in [0.15, 0.2) is 47.7 Å². The Morgan fingerprint density at radius 1 is 1.05 bits per heavy atom. The molecule has 3 aromatic rings. The molecule has 4 N–H and O–H groups in total. The van der Waals surface area contributed by atoms with Gasteiger partial charge in [-0.3, -0.25) is 9.59 Å². The summed E-state index contributed by atoms with van der Waals surface area (Å²) in [6.07, 6.45) is 1.16. The topological polar surface area (TPSA) is 103 Å². The number of allylic oxidation sites excluding steroid dienone is 2. The van der Waals surface area contributed by atoms with Crippen molar-refractivity contribution in [2.24, 2.45) is 5.41 Å². The lowest BCUT2D eigenvalue weighted by Crippen LogP contribution is -2.33. The molecule has 198 valence electrons. The van der Waals surface area contributed by atoms with Gasteiger partial charge in [-0.25, -0.2) is 0 Å². The minimum Gasteiger partial charge on any atom is -0.493 e. The number of hydrogen-bond acceptors (Lipinski definition) is 7. The first-order valence-electron chi connectivity index (χ1n) is 12.6. The molecule has 0 bridgehead atoms. The van der Waals surface area contributed by atoms with Crippen molar-refractivity contribution in [3.63, 3.8) is 0 Å². The second-order valence-electron chi connectivity index (χ2n) is 10.9. The summed E-state index contributed by atoms with van der Waals surface area (Å²) >= 11 is 1.32. The summed E-state index contributed by atoms with van der Waals surface area (Å²) in [6.45, 7) is 8.19. The first-order valence-corrected chi connectivity index (χ1v) is 13.4. The Bertz CT molecular complexity index is 1480. The van der Waals surface area contributed by atoms with Gasteiger partial charge in [0.1, 0.15) is 4.88 Å². The van der Waals surface area contributed by atoms with Gasteiger partial charge in [0.15, 0.2) is 17.3 Å². The maximum atomic E-state index is 13.6. The summed E-state index contributed by atoms with van der Waals surface area (Å²) in [5, 5.41) is 7.29. The van der Waals surface area contributed by atoms with E-state index in [-0.39, 0.29) is 17.1 Å². The summed E-state index contributed by atoms with van der Waals surface area (Å²) < 4.78 is 11.0. The number of Topliss-reactive ketones (excluding diaryl/α,β-unsaturated/α-hetero) is 1. The summed E-state index contributed by atoms with van der Waals surface area (Å²) in [5.74, 6) is 0.550. The van der Waals surface area contributed by atoms with E-state index in [1.807, 2.05) is 44.2 Å². The normalized spacial score (nSPS) is 17.8. The lowest BCUT2D eigenvalue weighted by atomic mass is 9.69. The van der Waals surface area contributed by atoms with E-state index in [9.17, 15) is 9.59 Å². The van der Waals surface area contributed by atoms with Crippen molar-refractivity contribution in [2.45, 2.75) is 46.5 Å². The molecule has 2 aliphatic rings. The molecular formula is C30H33N3O4S. The number of methoxy groups -OCH3 is 2. The maximum Gasteiger partial charge on any atom is 0.267 e. The monoisotopic (exact) mass is 531 g/mol. The Balaban J connectivity index is 1.63. The number of hydrogen-bond donors (Lipinski definition) is 3. The van der Waals surface area contributed by atoms with Gasteiger partial charge in [-0.2, -0.15) is 0 Å². The number of carbonyl (C=O) groups excluding carboxylic acids is 2. The number of nitrogens with two attached hydrogens (primary N) is 1. The number of anilines is 3. The largest absolute Gasteiger partial charge is 0.493 e. The molecule has 8 heteroatoms. The third kappa shape index (κ3) is 4.53. The lowest BCUT2D eigenvalue weighted by Gasteiger charge is -2.38. The van der Waals surface area contributed by atoms with Crippen molar-refractivity contribution >= 4 is 39.4 Å². The van der Waals surface area contributed by atoms with Crippen LogP contribution in [0.2, 0.25) is 0 Å². The molecule has 1 aliphatic heterocycles. The number of carbonyl (C=O) groups is 2. The fourth-order valence-corrected chi connectivity index (χ4v) is 6.75. The zero-order valence-electron chi connectivity index (χ0n) is 22.6. The van der Waals surface area contributed by atoms with Crippen LogP contribution in [0.25, 0.3) is 0 Å². The molecule has 2 aromatic carbocycles. The zero-order valence-corrected chi connectivity index (χ0v) is 23.4. The van der Waals surface area contributed by atoms with Crippen molar-refractivity contribution in [2.75, 3.05) is 30.6 Å². The molecule has 1 aromatic heterocycles. The number of ketones is 1. The highest BCUT2D eigenvalue weighted by Gasteiger charge is 2.43. The quantitative estimate of drug-likeness (QED) is 0.351. The van der Waals surface area contributed by atoms with Crippen molar-refractivity contribution in [1.29, 1.82) is 0 Å². The number of nitrogen functional groups attached to an aromatic ring is 1. The Labute approximate surface area is 227 Å². The molecule has 0 saturated carbocycles. The molecule has 0 unspecified atom stereocenters. The van der Waals surface area contributed by atoms with Crippen LogP contribution in [0.3, 0.4) is 0 Å². The van der Waals surface area contributed by atoms with Crippen LogP contribution in [0.4, 0.5) is 16.4 Å². The number of benzene rings is 2. The number of nitrogens with one attached hydrogen (secondary N) is 2. The van der Waals surface area contributed by atoms with Crippen LogP contribution in [-0.2, 0) is 4.79 Å². The fraction of sp³-hybridized carbons (Fsp3) is 0.333. The Morgan fingerprint density at radius 3 is 2.39 bits per heavy atom. The predicted molar refractivity (Wildman–Crippen MR) is 153 cm³/mol. The van der Waals surface area contributed by atoms with Crippen molar-refractivity contribution in [3.8, 4) is 11.5 Å². The number of amides is 1. The van der Waals surface area contributed by atoms with Crippen LogP contribution in [0.1, 0.15) is 64.5 Å². The second kappa shape index (κ2) is 9.51. The van der Waals surface area contributed by atoms with Crippen LogP contribution in [-0.4, -0.2) is 25.9 Å². The Morgan fingerprint density at radius 2 is 1.74 bits per heavy atom. The van der Waals surface area contributed by atoms with E-state index < -0.39 is 5.92 Å². The molecular weight excluding hydrogens is 498 g/mol. The van der Waals surface area contributed by atoms with Crippen LogP contribution < -0.4 is 25.8 Å². The van der Waals surface area contributed by atoms with E-state index in [1.54, 1.807) is 14.2 Å². The van der Waals surface area contributed by atoms with Gasteiger partial charge < -0.3 is 25.8 Å². The van der Waals surface area contributed by atoms with Crippen molar-refractivity contribution in [1.82, 2.24) is 0 Å². The van der Waals surface area contributed by atoms with E-state index in [1.165, 1.54) is 11.3 Å². The lowest BCUT2D eigenvalue weighted by molar-refractivity contribution is -0.118. The third-order valence-electron chi connectivity index (χ3n) is 7.17. The summed E-state index contributed by atoms with van der Waals surface area (Å²) in [5.41, 5.74) is 13.0. The molecule has 1 aliphatic carbocycles. The average molecular weight is 532 g/mol. The minimum atomic E-state index is -0.427. The minimum absolute atomic E-state index is 0.0843. The number of fused-ring (bicyclic) bond motifs is 1. The number of ether oxygens (including phenoxy) is 2. The van der Waals surface area contributed by atoms with Crippen molar-refractivity contribution < 1.29 is 19.1 Å². The first-order chi connectivity index (χ1) is 18.0. The number of thiophene rings is 1. The number of rotatable bonds is 5. The van der Waals surface area contributed by atoms with E-state index in [2.05, 4.69) is 30.5 Å². The average Bonchev–Trinajstić information content (AvgIpc) is 3.16. The molecule has 1 amide bonds. The predicted octanol–water partition coefficient (Wildman–Crippen LogP) is 6.42. The molecule has 0 saturated heterocycles. The SMILES string of the molecule is COc1ccc([C@@H]2C3=C(CC(C)(C)CC3=O)Nc3sc(C(=O)Nc4cc(C)cc(C)c4)c(N)c32)cc1OC. The van der Waals surface area contributed by atoms with Gasteiger partial charge >= 0.3 is 0 Å². The highest BCUT2D eigenvalue weighted by atomic mass is 32.1. The van der Waals surface area contributed by atoms with Gasteiger partial charge in [0.25, 0.3) is 5.91 Å². The Hall–Kier alpha value is -3.78. The van der Waals surface area contributed by atoms with Crippen LogP contribution in [0.5, 0.6) is 11.5 Å². The molecule has 7 nitrogen and oxygen atoms in total. The van der Waals surface area contributed by atoms with E-state index in [4.69, 9.17) is 15.2 Å². The van der Waals surface area contributed by atoms with Crippen LogP contribution in [0, 0.1) is 19.3 Å². The zero-order chi connectivity index (χ0) is 27.4. The third-order valence-corrected chi connectivity index (χ3v) is 8.31. The summed E-state index contributed by atoms with van der Waals surface area (Å²) in [7, 11) is 3.17. The van der Waals surface area contributed by atoms with E-state index in [0.717, 1.165) is 45.1 Å². The van der Waals surface area contributed by atoms with Crippen LogP contribution >= 0.6 is 11.3 Å². The molecule has 0 radical (unpaired) electrons. The van der Waals surface area contributed by atoms with Gasteiger partial charge in [-0.1, -0.05) is 26.0 Å². The van der Waals surface area contributed by atoms with Crippen molar-refractivity contribution in [3.05, 3.63) is 74.8 Å². The molecule has 5 rings (SSSR count). The molecule has 0 fully saturated rings. The molecule has 1 atom stereocenters. The van der Waals surface area contributed by atoms with E-state index >= 15 is 0 Å². The van der Waals surface area contributed by atoms with Gasteiger partial charge in [0, 0.05) is 34.9 Å². The smallest absolute Gasteiger partial charge is 0.267 e. The van der Waals surface area contributed by atoms with Gasteiger partial charge in [0.05, 0.1) is 24.9 Å². The van der Waals surface area contributed by atoms with Gasteiger partial charge in [-0.05, 0) is 66.6 Å². The highest BCUT2D eigenvalue weighted by Crippen LogP contribution is 2.54. The van der Waals surface area contributed by atoms with Gasteiger partial charge in [-0.15, -0.1) is 11.3 Å². The number of aryl methyl sites for hydroxylation is 2. The van der Waals surface area contributed by atoms with E-state index in [0.29, 0.717) is 34.1 Å². The van der Waals surface area contributed by atoms with Gasteiger partial charge in [0.2, 0.25) is 0 Å². The fourth-order valence-electron chi connectivity index (χ4n) is 5.67. The molecule has 2 heterocycles. The second-order valence-corrected chi connectivity index (χ2v) is 11.9. The first kappa shape index (κ1) is 25.9. The standard InChI is InChI=1S/C30H33N3O4S/c1-15-9-16(2)11-18(10-15)32-28(35)27-26(31)25-23(17-7-8-21(36-5)22(12-17)37-6)24-19(33-29(25)38-27)13-30(3,4)14-20(24)34/h7-12,23,33H,13-14,31H2,1-6H3,(H,32,35)/t23-/m1/s1.